The highest BCUT2D eigenvalue weighted by atomic mass is 15.3. The second-order valence-corrected chi connectivity index (χ2v) is 4.02. The molecular formula is C10H12N4. The van der Waals surface area contributed by atoms with Crippen LogP contribution in [0.15, 0.2) is 0 Å². The maximum Gasteiger partial charge on any atom is 0.167 e. The molecule has 0 radical (unpaired) electrons. The fraction of sp³-hybridized carbons (Fsp3) is 0.600. The molecule has 1 aliphatic heterocycles. The Kier molecular flexibility index (Phi) is 1.62. The molecule has 1 fully saturated rings. The minimum atomic E-state index is 0.561. The minimum absolute atomic E-state index is 0.561. The van der Waals surface area contributed by atoms with Gasteiger partial charge in [-0.15, -0.1) is 0 Å². The Morgan fingerprint density at radius 3 is 2.93 bits per heavy atom. The third-order valence-electron chi connectivity index (χ3n) is 3.24. The number of hydrogen-bond acceptors (Lipinski definition) is 3. The number of nitrogens with zero attached hydrogens (tertiary/aromatic N) is 3. The van der Waals surface area contributed by atoms with E-state index < -0.39 is 0 Å². The van der Waals surface area contributed by atoms with Crippen LogP contribution in [0.2, 0.25) is 0 Å². The quantitative estimate of drug-likeness (QED) is 0.717. The van der Waals surface area contributed by atoms with E-state index in [4.69, 9.17) is 5.26 Å². The summed E-state index contributed by atoms with van der Waals surface area (Å²) < 4.78 is 2.08. The highest BCUT2D eigenvalue weighted by Gasteiger charge is 2.28. The number of fused-ring (bicyclic) bond motifs is 1. The van der Waals surface area contributed by atoms with E-state index in [1.165, 1.54) is 25.0 Å². The Morgan fingerprint density at radius 1 is 1.43 bits per heavy atom. The van der Waals surface area contributed by atoms with Gasteiger partial charge in [0.2, 0.25) is 0 Å². The molecule has 14 heavy (non-hydrogen) atoms. The van der Waals surface area contributed by atoms with Crippen molar-refractivity contribution < 1.29 is 0 Å². The topological polar surface area (TPSA) is 53.6 Å². The van der Waals surface area contributed by atoms with Crippen molar-refractivity contribution in [2.24, 2.45) is 0 Å². The van der Waals surface area contributed by atoms with Crippen LogP contribution in [0, 0.1) is 11.3 Å². The number of aromatic nitrogens is 2. The van der Waals surface area contributed by atoms with E-state index in [0.717, 1.165) is 18.7 Å². The van der Waals surface area contributed by atoms with Crippen molar-refractivity contribution in [3.8, 4) is 6.07 Å². The first kappa shape index (κ1) is 8.01. The van der Waals surface area contributed by atoms with Crippen molar-refractivity contribution in [1.29, 1.82) is 5.26 Å². The van der Waals surface area contributed by atoms with Gasteiger partial charge in [-0.2, -0.15) is 10.4 Å². The van der Waals surface area contributed by atoms with E-state index in [1.807, 2.05) is 0 Å². The molecule has 4 heteroatoms. The van der Waals surface area contributed by atoms with Gasteiger partial charge in [0, 0.05) is 18.7 Å². The predicted octanol–water partition coefficient (Wildman–Crippen LogP) is 1.08. The van der Waals surface area contributed by atoms with Gasteiger partial charge in [-0.1, -0.05) is 0 Å². The van der Waals surface area contributed by atoms with Crippen LogP contribution >= 0.6 is 0 Å². The zero-order valence-corrected chi connectivity index (χ0v) is 7.95. The van der Waals surface area contributed by atoms with Gasteiger partial charge in [0.05, 0.1) is 11.7 Å². The fourth-order valence-electron chi connectivity index (χ4n) is 2.21. The monoisotopic (exact) mass is 188 g/mol. The van der Waals surface area contributed by atoms with E-state index in [9.17, 15) is 0 Å². The second kappa shape index (κ2) is 2.82. The smallest absolute Gasteiger partial charge is 0.167 e. The van der Waals surface area contributed by atoms with Crippen molar-refractivity contribution in [3.63, 3.8) is 0 Å². The summed E-state index contributed by atoms with van der Waals surface area (Å²) in [7, 11) is 0. The Labute approximate surface area is 82.5 Å². The van der Waals surface area contributed by atoms with E-state index in [1.54, 1.807) is 0 Å². The van der Waals surface area contributed by atoms with Crippen LogP contribution in [0.5, 0.6) is 0 Å². The first-order valence-electron chi connectivity index (χ1n) is 5.11. The summed E-state index contributed by atoms with van der Waals surface area (Å²) in [5.74, 6) is 0. The first-order valence-corrected chi connectivity index (χ1v) is 5.11. The van der Waals surface area contributed by atoms with Gasteiger partial charge in [0.1, 0.15) is 6.07 Å². The molecule has 1 saturated carbocycles. The number of nitriles is 1. The SMILES string of the molecule is N#Cc1nn(C2CCC2)c2c1CNC2. The number of rotatable bonds is 1. The molecule has 0 atom stereocenters. The summed E-state index contributed by atoms with van der Waals surface area (Å²) in [4.78, 5) is 0. The van der Waals surface area contributed by atoms with Crippen LogP contribution in [-0.4, -0.2) is 9.78 Å². The molecular weight excluding hydrogens is 176 g/mol. The van der Waals surface area contributed by atoms with Crippen LogP contribution < -0.4 is 5.32 Å². The van der Waals surface area contributed by atoms with Crippen molar-refractivity contribution in [1.82, 2.24) is 15.1 Å². The summed E-state index contributed by atoms with van der Waals surface area (Å²) >= 11 is 0. The molecule has 0 unspecified atom stereocenters. The summed E-state index contributed by atoms with van der Waals surface area (Å²) in [5, 5.41) is 16.6. The van der Waals surface area contributed by atoms with Gasteiger partial charge in [-0.3, -0.25) is 4.68 Å². The van der Waals surface area contributed by atoms with Gasteiger partial charge in [-0.05, 0) is 19.3 Å². The lowest BCUT2D eigenvalue weighted by Gasteiger charge is -2.27. The third-order valence-corrected chi connectivity index (χ3v) is 3.24. The largest absolute Gasteiger partial charge is 0.307 e. The van der Waals surface area contributed by atoms with Crippen molar-refractivity contribution >= 4 is 0 Å². The Morgan fingerprint density at radius 2 is 2.29 bits per heavy atom. The molecule has 3 rings (SSSR count). The molecule has 0 spiro atoms. The van der Waals surface area contributed by atoms with Gasteiger partial charge in [-0.25, -0.2) is 0 Å². The van der Waals surface area contributed by atoms with Crippen LogP contribution in [-0.2, 0) is 13.1 Å². The third kappa shape index (κ3) is 0.933. The minimum Gasteiger partial charge on any atom is -0.307 e. The first-order chi connectivity index (χ1) is 6.90. The molecule has 1 N–H and O–H groups in total. The molecule has 1 aromatic rings. The molecule has 1 aromatic heterocycles. The maximum absolute atomic E-state index is 8.93. The van der Waals surface area contributed by atoms with Gasteiger partial charge >= 0.3 is 0 Å². The van der Waals surface area contributed by atoms with E-state index in [-0.39, 0.29) is 0 Å². The lowest BCUT2D eigenvalue weighted by atomic mass is 9.93. The average Bonchev–Trinajstić information content (AvgIpc) is 2.64. The Balaban J connectivity index is 2.08. The van der Waals surface area contributed by atoms with E-state index >= 15 is 0 Å². The van der Waals surface area contributed by atoms with E-state index in [0.29, 0.717) is 11.7 Å². The zero-order chi connectivity index (χ0) is 9.54. The molecule has 0 bridgehead atoms. The number of hydrogen-bond donors (Lipinski definition) is 1. The summed E-state index contributed by atoms with van der Waals surface area (Å²) in [6, 6.07) is 2.74. The van der Waals surface area contributed by atoms with Crippen LogP contribution in [0.3, 0.4) is 0 Å². The predicted molar refractivity (Wildman–Crippen MR) is 50.4 cm³/mol. The summed E-state index contributed by atoms with van der Waals surface area (Å²) in [6.07, 6.45) is 3.74. The summed E-state index contributed by atoms with van der Waals surface area (Å²) in [6.45, 7) is 1.69. The molecule has 72 valence electrons. The van der Waals surface area contributed by atoms with Gasteiger partial charge in [0.15, 0.2) is 5.69 Å². The van der Waals surface area contributed by atoms with E-state index in [2.05, 4.69) is 21.2 Å². The van der Waals surface area contributed by atoms with Crippen molar-refractivity contribution in [2.45, 2.75) is 38.4 Å². The molecule has 4 nitrogen and oxygen atoms in total. The van der Waals surface area contributed by atoms with Gasteiger partial charge < -0.3 is 5.32 Å². The Bertz CT molecular complexity index is 408. The number of nitrogens with one attached hydrogen (secondary N) is 1. The normalized spacial score (nSPS) is 20.2. The highest BCUT2D eigenvalue weighted by molar-refractivity contribution is 5.37. The standard InChI is InChI=1S/C10H12N4/c11-4-9-8-5-12-6-10(8)14(13-9)7-2-1-3-7/h7,12H,1-3,5-6H2. The average molecular weight is 188 g/mol. The molecule has 2 aliphatic rings. The van der Waals surface area contributed by atoms with Crippen LogP contribution in [0.25, 0.3) is 0 Å². The lowest BCUT2D eigenvalue weighted by Crippen LogP contribution is -2.21. The van der Waals surface area contributed by atoms with Crippen molar-refractivity contribution in [2.75, 3.05) is 0 Å². The van der Waals surface area contributed by atoms with Gasteiger partial charge in [0.25, 0.3) is 0 Å². The summed E-state index contributed by atoms with van der Waals surface area (Å²) in [5.41, 5.74) is 2.99. The molecule has 0 amide bonds. The highest BCUT2D eigenvalue weighted by Crippen LogP contribution is 2.34. The lowest BCUT2D eigenvalue weighted by molar-refractivity contribution is 0.281. The molecule has 1 aliphatic carbocycles. The second-order valence-electron chi connectivity index (χ2n) is 4.02. The fourth-order valence-corrected chi connectivity index (χ4v) is 2.21. The molecule has 0 saturated heterocycles. The van der Waals surface area contributed by atoms with Crippen LogP contribution in [0.4, 0.5) is 0 Å². The zero-order valence-electron chi connectivity index (χ0n) is 7.95. The maximum atomic E-state index is 8.93. The molecule has 2 heterocycles. The van der Waals surface area contributed by atoms with Crippen LogP contribution in [0.1, 0.15) is 42.3 Å². The van der Waals surface area contributed by atoms with Crippen molar-refractivity contribution in [3.05, 3.63) is 17.0 Å². The Hall–Kier alpha value is -1.34. The molecule has 0 aromatic carbocycles.